The van der Waals surface area contributed by atoms with E-state index in [-0.39, 0.29) is 0 Å². The highest BCUT2D eigenvalue weighted by Crippen LogP contribution is 2.04. The van der Waals surface area contributed by atoms with Gasteiger partial charge in [0, 0.05) is 6.54 Å². The zero-order valence-corrected chi connectivity index (χ0v) is 11.2. The van der Waals surface area contributed by atoms with Gasteiger partial charge in [-0.2, -0.15) is 0 Å². The van der Waals surface area contributed by atoms with Crippen LogP contribution in [-0.2, 0) is 0 Å². The van der Waals surface area contributed by atoms with Crippen molar-refractivity contribution in [2.24, 2.45) is 5.92 Å². The van der Waals surface area contributed by atoms with Crippen molar-refractivity contribution >= 4 is 0 Å². The van der Waals surface area contributed by atoms with Crippen LogP contribution in [0.15, 0.2) is 0 Å². The molecule has 0 aliphatic heterocycles. The first kappa shape index (κ1) is 14.9. The third kappa shape index (κ3) is 11.8. The quantitative estimate of drug-likeness (QED) is 0.563. The van der Waals surface area contributed by atoms with Gasteiger partial charge in [-0.25, -0.2) is 0 Å². The SMILES string of the molecule is CNCCCCCCCN(C)CC(C)C. The Kier molecular flexibility index (Phi) is 10.4. The lowest BCUT2D eigenvalue weighted by Gasteiger charge is -2.18. The van der Waals surface area contributed by atoms with Crippen molar-refractivity contribution in [2.75, 3.05) is 33.7 Å². The van der Waals surface area contributed by atoms with Gasteiger partial charge in [0.15, 0.2) is 0 Å². The monoisotopic (exact) mass is 214 g/mol. The lowest BCUT2D eigenvalue weighted by atomic mass is 10.1. The van der Waals surface area contributed by atoms with Crippen molar-refractivity contribution in [1.82, 2.24) is 10.2 Å². The standard InChI is InChI=1S/C13H30N2/c1-13(2)12-15(4)11-9-7-5-6-8-10-14-3/h13-14H,5-12H2,1-4H3. The molecule has 0 aromatic heterocycles. The third-order valence-electron chi connectivity index (χ3n) is 2.64. The van der Waals surface area contributed by atoms with Gasteiger partial charge in [0.25, 0.3) is 0 Å². The topological polar surface area (TPSA) is 15.3 Å². The van der Waals surface area contributed by atoms with E-state index in [1.807, 2.05) is 7.05 Å². The lowest BCUT2D eigenvalue weighted by molar-refractivity contribution is 0.288. The summed E-state index contributed by atoms with van der Waals surface area (Å²) in [5.41, 5.74) is 0. The summed E-state index contributed by atoms with van der Waals surface area (Å²) in [5.74, 6) is 0.797. The predicted octanol–water partition coefficient (Wildman–Crippen LogP) is 2.74. The molecule has 0 bridgehead atoms. The molecule has 0 spiro atoms. The van der Waals surface area contributed by atoms with Crippen LogP contribution in [0.4, 0.5) is 0 Å². The van der Waals surface area contributed by atoms with E-state index in [0.717, 1.165) is 5.92 Å². The Morgan fingerprint density at radius 3 is 2.20 bits per heavy atom. The molecule has 15 heavy (non-hydrogen) atoms. The molecule has 0 unspecified atom stereocenters. The fraction of sp³-hybridized carbons (Fsp3) is 1.00. The van der Waals surface area contributed by atoms with E-state index in [1.165, 1.54) is 51.7 Å². The summed E-state index contributed by atoms with van der Waals surface area (Å²) in [5, 5.41) is 3.19. The number of nitrogens with one attached hydrogen (secondary N) is 1. The summed E-state index contributed by atoms with van der Waals surface area (Å²) >= 11 is 0. The first-order valence-corrected chi connectivity index (χ1v) is 6.50. The smallest absolute Gasteiger partial charge is 0.000133 e. The highest BCUT2D eigenvalue weighted by Gasteiger charge is 2.00. The van der Waals surface area contributed by atoms with Crippen molar-refractivity contribution in [1.29, 1.82) is 0 Å². The molecular formula is C13H30N2. The van der Waals surface area contributed by atoms with Gasteiger partial charge in [-0.15, -0.1) is 0 Å². The fourth-order valence-corrected chi connectivity index (χ4v) is 1.93. The Balaban J connectivity index is 3.09. The second-order valence-corrected chi connectivity index (χ2v) is 5.03. The molecule has 0 aliphatic rings. The molecule has 2 heteroatoms. The third-order valence-corrected chi connectivity index (χ3v) is 2.64. The normalized spacial score (nSPS) is 11.6. The van der Waals surface area contributed by atoms with Crippen LogP contribution >= 0.6 is 0 Å². The van der Waals surface area contributed by atoms with Gasteiger partial charge in [-0.05, 0) is 45.9 Å². The minimum atomic E-state index is 0.797. The molecule has 0 saturated heterocycles. The minimum absolute atomic E-state index is 0.797. The first-order chi connectivity index (χ1) is 7.16. The zero-order valence-electron chi connectivity index (χ0n) is 11.2. The van der Waals surface area contributed by atoms with E-state index in [4.69, 9.17) is 0 Å². The second-order valence-electron chi connectivity index (χ2n) is 5.03. The number of nitrogens with zero attached hydrogens (tertiary/aromatic N) is 1. The second kappa shape index (κ2) is 10.4. The highest BCUT2D eigenvalue weighted by molar-refractivity contribution is 4.55. The lowest BCUT2D eigenvalue weighted by Crippen LogP contribution is -2.24. The number of hydrogen-bond acceptors (Lipinski definition) is 2. The summed E-state index contributed by atoms with van der Waals surface area (Å²) in [6.07, 6.45) is 6.87. The summed E-state index contributed by atoms with van der Waals surface area (Å²) in [6, 6.07) is 0. The molecule has 92 valence electrons. The molecular weight excluding hydrogens is 184 g/mol. The van der Waals surface area contributed by atoms with Crippen LogP contribution in [0.3, 0.4) is 0 Å². The first-order valence-electron chi connectivity index (χ1n) is 6.50. The number of unbranched alkanes of at least 4 members (excludes halogenated alkanes) is 4. The van der Waals surface area contributed by atoms with E-state index >= 15 is 0 Å². The molecule has 0 atom stereocenters. The summed E-state index contributed by atoms with van der Waals surface area (Å²) in [4.78, 5) is 2.46. The van der Waals surface area contributed by atoms with Crippen molar-refractivity contribution in [3.8, 4) is 0 Å². The van der Waals surface area contributed by atoms with Crippen LogP contribution in [0.2, 0.25) is 0 Å². The Labute approximate surface area is 96.4 Å². The van der Waals surface area contributed by atoms with Gasteiger partial charge in [-0.1, -0.05) is 33.1 Å². The van der Waals surface area contributed by atoms with E-state index in [0.29, 0.717) is 0 Å². The zero-order chi connectivity index (χ0) is 11.5. The van der Waals surface area contributed by atoms with Crippen LogP contribution in [0.1, 0.15) is 46.0 Å². The molecule has 0 fully saturated rings. The maximum atomic E-state index is 3.19. The molecule has 1 N–H and O–H groups in total. The van der Waals surface area contributed by atoms with E-state index in [2.05, 4.69) is 31.1 Å². The van der Waals surface area contributed by atoms with Crippen LogP contribution in [0.5, 0.6) is 0 Å². The fourth-order valence-electron chi connectivity index (χ4n) is 1.93. The van der Waals surface area contributed by atoms with E-state index < -0.39 is 0 Å². The Morgan fingerprint density at radius 2 is 1.60 bits per heavy atom. The summed E-state index contributed by atoms with van der Waals surface area (Å²) in [7, 11) is 4.27. The van der Waals surface area contributed by atoms with E-state index in [9.17, 15) is 0 Å². The molecule has 2 nitrogen and oxygen atoms in total. The Morgan fingerprint density at radius 1 is 1.00 bits per heavy atom. The van der Waals surface area contributed by atoms with Gasteiger partial charge in [-0.3, -0.25) is 0 Å². The van der Waals surface area contributed by atoms with Crippen LogP contribution in [-0.4, -0.2) is 38.6 Å². The minimum Gasteiger partial charge on any atom is -0.320 e. The van der Waals surface area contributed by atoms with Gasteiger partial charge in [0.1, 0.15) is 0 Å². The maximum absolute atomic E-state index is 3.19. The molecule has 0 radical (unpaired) electrons. The molecule has 0 rings (SSSR count). The molecule has 0 amide bonds. The predicted molar refractivity (Wildman–Crippen MR) is 69.3 cm³/mol. The van der Waals surface area contributed by atoms with Crippen molar-refractivity contribution in [3.63, 3.8) is 0 Å². The molecule has 0 saturated carbocycles. The molecule has 0 aromatic rings. The Bertz CT molecular complexity index is 124. The van der Waals surface area contributed by atoms with Crippen LogP contribution in [0.25, 0.3) is 0 Å². The van der Waals surface area contributed by atoms with Gasteiger partial charge >= 0.3 is 0 Å². The molecule has 0 heterocycles. The summed E-state index contributed by atoms with van der Waals surface area (Å²) < 4.78 is 0. The van der Waals surface area contributed by atoms with Gasteiger partial charge < -0.3 is 10.2 Å². The largest absolute Gasteiger partial charge is 0.320 e. The van der Waals surface area contributed by atoms with Crippen LogP contribution in [0, 0.1) is 5.92 Å². The van der Waals surface area contributed by atoms with Crippen molar-refractivity contribution in [3.05, 3.63) is 0 Å². The maximum Gasteiger partial charge on any atom is 0.000133 e. The average Bonchev–Trinajstić information content (AvgIpc) is 2.15. The average molecular weight is 214 g/mol. The van der Waals surface area contributed by atoms with Crippen molar-refractivity contribution < 1.29 is 0 Å². The number of hydrogen-bond donors (Lipinski definition) is 1. The van der Waals surface area contributed by atoms with Gasteiger partial charge in [0.05, 0.1) is 0 Å². The highest BCUT2D eigenvalue weighted by atomic mass is 15.1. The van der Waals surface area contributed by atoms with Crippen LogP contribution < -0.4 is 5.32 Å². The Hall–Kier alpha value is -0.0800. The van der Waals surface area contributed by atoms with Gasteiger partial charge in [0.2, 0.25) is 0 Å². The number of rotatable bonds is 10. The summed E-state index contributed by atoms with van der Waals surface area (Å²) in [6.45, 7) is 8.25. The molecule has 0 aliphatic carbocycles. The van der Waals surface area contributed by atoms with E-state index in [1.54, 1.807) is 0 Å². The molecule has 0 aromatic carbocycles. The van der Waals surface area contributed by atoms with Crippen molar-refractivity contribution in [2.45, 2.75) is 46.0 Å².